The monoisotopic (exact) mass is 862 g/mol. The Morgan fingerprint density at radius 2 is 0.754 bits per heavy atom. The van der Waals surface area contributed by atoms with Crippen molar-refractivity contribution in [3.8, 4) is 0 Å². The number of amides is 1. The van der Waals surface area contributed by atoms with Gasteiger partial charge < -0.3 is 20.3 Å². The molecule has 1 amide bonds. The smallest absolute Gasteiger partial charge is 0.305 e. The largest absolute Gasteiger partial charge is 0.466 e. The highest BCUT2D eigenvalue weighted by atomic mass is 16.5. The summed E-state index contributed by atoms with van der Waals surface area (Å²) >= 11 is 0. The Bertz CT molecular complexity index is 909. The molecule has 0 aliphatic rings. The van der Waals surface area contributed by atoms with Gasteiger partial charge in [-0.1, -0.05) is 270 Å². The fraction of sp³-hybridized carbons (Fsp3) is 0.927. The third-order valence-corrected chi connectivity index (χ3v) is 12.8. The van der Waals surface area contributed by atoms with Crippen molar-refractivity contribution in [3.63, 3.8) is 0 Å². The molecule has 0 saturated heterocycles. The van der Waals surface area contributed by atoms with Crippen LogP contribution in [0, 0.1) is 0 Å². The second-order valence-corrected chi connectivity index (χ2v) is 18.9. The zero-order chi connectivity index (χ0) is 44.4. The molecule has 3 N–H and O–H groups in total. The minimum Gasteiger partial charge on any atom is -0.466 e. The zero-order valence-corrected chi connectivity index (χ0v) is 41.2. The molecule has 0 aromatic heterocycles. The molecular weight excluding hydrogens is 755 g/mol. The number of carbonyl (C=O) groups is 2. The Hall–Kier alpha value is -1.40. The van der Waals surface area contributed by atoms with Crippen molar-refractivity contribution >= 4 is 11.9 Å². The van der Waals surface area contributed by atoms with Crippen LogP contribution in [0.15, 0.2) is 12.2 Å². The minimum absolute atomic E-state index is 0.00994. The van der Waals surface area contributed by atoms with Gasteiger partial charge in [0.15, 0.2) is 0 Å². The van der Waals surface area contributed by atoms with E-state index in [9.17, 15) is 19.8 Å². The lowest BCUT2D eigenvalue weighted by molar-refractivity contribution is -0.143. The van der Waals surface area contributed by atoms with Gasteiger partial charge in [-0.2, -0.15) is 0 Å². The lowest BCUT2D eigenvalue weighted by Gasteiger charge is -2.20. The second kappa shape index (κ2) is 51.2. The molecule has 0 rings (SSSR count). The Morgan fingerprint density at radius 3 is 1.11 bits per heavy atom. The van der Waals surface area contributed by atoms with Gasteiger partial charge in [-0.3, -0.25) is 9.59 Å². The van der Waals surface area contributed by atoms with Crippen LogP contribution in [-0.4, -0.2) is 47.4 Å². The Morgan fingerprint density at radius 1 is 0.443 bits per heavy atom. The number of unbranched alkanes of at least 4 members (excludes halogenated alkanes) is 40. The highest BCUT2D eigenvalue weighted by Gasteiger charge is 2.18. The van der Waals surface area contributed by atoms with Crippen molar-refractivity contribution in [2.24, 2.45) is 0 Å². The van der Waals surface area contributed by atoms with E-state index in [0.717, 1.165) is 38.5 Å². The van der Waals surface area contributed by atoms with Crippen LogP contribution < -0.4 is 5.32 Å². The molecule has 0 radical (unpaired) electrons. The predicted octanol–water partition coefficient (Wildman–Crippen LogP) is 16.5. The molecule has 0 fully saturated rings. The van der Waals surface area contributed by atoms with Crippen LogP contribution in [0.25, 0.3) is 0 Å². The molecule has 6 nitrogen and oxygen atoms in total. The molecule has 2 atom stereocenters. The number of hydrogen-bond acceptors (Lipinski definition) is 5. The molecule has 0 aromatic rings. The first kappa shape index (κ1) is 59.6. The fourth-order valence-electron chi connectivity index (χ4n) is 8.58. The maximum absolute atomic E-state index is 12.4. The summed E-state index contributed by atoms with van der Waals surface area (Å²) in [5, 5.41) is 22.9. The molecule has 0 heterocycles. The number of carbonyl (C=O) groups excluding carboxylic acids is 2. The van der Waals surface area contributed by atoms with Crippen LogP contribution in [0.4, 0.5) is 0 Å². The van der Waals surface area contributed by atoms with E-state index in [1.165, 1.54) is 238 Å². The van der Waals surface area contributed by atoms with Crippen molar-refractivity contribution in [2.75, 3.05) is 13.2 Å². The number of nitrogens with one attached hydrogen (secondary N) is 1. The number of allylic oxidation sites excluding steroid dienone is 1. The van der Waals surface area contributed by atoms with Crippen molar-refractivity contribution in [2.45, 2.75) is 315 Å². The van der Waals surface area contributed by atoms with E-state index in [1.54, 1.807) is 6.08 Å². The average molecular weight is 862 g/mol. The lowest BCUT2D eigenvalue weighted by atomic mass is 10.0. The minimum atomic E-state index is -0.844. The van der Waals surface area contributed by atoms with Gasteiger partial charge in [0, 0.05) is 12.8 Å². The van der Waals surface area contributed by atoms with Crippen molar-refractivity contribution < 1.29 is 24.5 Å². The Kier molecular flexibility index (Phi) is 50.1. The summed E-state index contributed by atoms with van der Waals surface area (Å²) in [4.78, 5) is 24.4. The van der Waals surface area contributed by atoms with Crippen LogP contribution in [0.1, 0.15) is 303 Å². The second-order valence-electron chi connectivity index (χ2n) is 18.9. The maximum Gasteiger partial charge on any atom is 0.305 e. The number of aliphatic hydroxyl groups is 2. The van der Waals surface area contributed by atoms with Crippen LogP contribution in [-0.2, 0) is 14.3 Å². The van der Waals surface area contributed by atoms with Crippen LogP contribution in [0.3, 0.4) is 0 Å². The van der Waals surface area contributed by atoms with E-state index in [-0.39, 0.29) is 18.5 Å². The maximum atomic E-state index is 12.4. The molecule has 362 valence electrons. The van der Waals surface area contributed by atoms with Gasteiger partial charge in [0.1, 0.15) is 0 Å². The number of ether oxygens (including phenoxy) is 1. The van der Waals surface area contributed by atoms with Crippen LogP contribution in [0.5, 0.6) is 0 Å². The third-order valence-electron chi connectivity index (χ3n) is 12.8. The molecule has 0 bridgehead atoms. The van der Waals surface area contributed by atoms with Gasteiger partial charge in [0.2, 0.25) is 5.91 Å². The molecular formula is C55H107NO5. The predicted molar refractivity (Wildman–Crippen MR) is 264 cm³/mol. The molecule has 0 aliphatic carbocycles. The zero-order valence-electron chi connectivity index (χ0n) is 41.2. The van der Waals surface area contributed by atoms with Crippen molar-refractivity contribution in [1.82, 2.24) is 5.32 Å². The quantitative estimate of drug-likeness (QED) is 0.0322. The SMILES string of the molecule is CCCCCCCCCC/C=C/C(O)C(CO)NC(=O)CCCCCCCCCCCCCCCCCCCCOC(=O)CCCCCCCCCCCCCCCCCC. The van der Waals surface area contributed by atoms with E-state index in [2.05, 4.69) is 19.2 Å². The first-order chi connectivity index (χ1) is 30.0. The topological polar surface area (TPSA) is 95.9 Å². The molecule has 0 aromatic carbocycles. The summed E-state index contributed by atoms with van der Waals surface area (Å²) in [6.07, 6.45) is 59.4. The Balaban J connectivity index is 3.38. The molecule has 0 spiro atoms. The van der Waals surface area contributed by atoms with Crippen LogP contribution >= 0.6 is 0 Å². The lowest BCUT2D eigenvalue weighted by Crippen LogP contribution is -2.45. The van der Waals surface area contributed by atoms with Gasteiger partial charge >= 0.3 is 5.97 Å². The van der Waals surface area contributed by atoms with E-state index < -0.39 is 12.1 Å². The number of hydrogen-bond donors (Lipinski definition) is 3. The standard InChI is InChI=1S/C55H107NO5/c1-3-5-7-9-11-13-15-16-17-23-26-29-33-37-41-45-49-55(60)61-50-46-42-38-34-30-27-24-21-19-18-20-22-25-28-32-36-40-44-48-54(59)56-52(51-57)53(58)47-43-39-35-31-14-12-10-8-6-4-2/h43,47,52-53,57-58H,3-42,44-46,48-51H2,1-2H3,(H,56,59)/b47-43+. The van der Waals surface area contributed by atoms with Gasteiger partial charge in [-0.25, -0.2) is 0 Å². The first-order valence-corrected chi connectivity index (χ1v) is 27.5. The molecule has 0 saturated carbocycles. The normalized spacial score (nSPS) is 12.7. The van der Waals surface area contributed by atoms with Crippen LogP contribution in [0.2, 0.25) is 0 Å². The van der Waals surface area contributed by atoms with Gasteiger partial charge in [0.25, 0.3) is 0 Å². The van der Waals surface area contributed by atoms with Gasteiger partial charge in [-0.05, 0) is 32.1 Å². The third kappa shape index (κ3) is 47.9. The molecule has 6 heteroatoms. The fourth-order valence-corrected chi connectivity index (χ4v) is 8.58. The van der Waals surface area contributed by atoms with Crippen molar-refractivity contribution in [3.05, 3.63) is 12.2 Å². The summed E-state index contributed by atoms with van der Waals surface area (Å²) in [5.74, 6) is -0.0630. The first-order valence-electron chi connectivity index (χ1n) is 27.5. The summed E-state index contributed by atoms with van der Waals surface area (Å²) in [6.45, 7) is 4.89. The molecule has 2 unspecified atom stereocenters. The summed E-state index contributed by atoms with van der Waals surface area (Å²) in [5.41, 5.74) is 0. The molecule has 61 heavy (non-hydrogen) atoms. The number of rotatable bonds is 51. The van der Waals surface area contributed by atoms with E-state index >= 15 is 0 Å². The van der Waals surface area contributed by atoms with E-state index in [1.807, 2.05) is 6.08 Å². The van der Waals surface area contributed by atoms with E-state index in [4.69, 9.17) is 4.74 Å². The Labute approximate surface area is 380 Å². The van der Waals surface area contributed by atoms with Gasteiger partial charge in [-0.15, -0.1) is 0 Å². The summed E-state index contributed by atoms with van der Waals surface area (Å²) < 4.78 is 5.48. The average Bonchev–Trinajstić information content (AvgIpc) is 3.26. The van der Waals surface area contributed by atoms with Crippen molar-refractivity contribution in [1.29, 1.82) is 0 Å². The number of aliphatic hydroxyl groups excluding tert-OH is 2. The highest BCUT2D eigenvalue weighted by molar-refractivity contribution is 5.76. The number of esters is 1. The molecule has 0 aliphatic heterocycles. The summed E-state index contributed by atoms with van der Waals surface area (Å²) in [6, 6.07) is -0.628. The summed E-state index contributed by atoms with van der Waals surface area (Å²) in [7, 11) is 0. The highest BCUT2D eigenvalue weighted by Crippen LogP contribution is 2.17. The van der Waals surface area contributed by atoms with E-state index in [0.29, 0.717) is 19.4 Å². The van der Waals surface area contributed by atoms with Gasteiger partial charge in [0.05, 0.1) is 25.4 Å².